The predicted octanol–water partition coefficient (Wildman–Crippen LogP) is 4.44. The van der Waals surface area contributed by atoms with Crippen LogP contribution in [0.2, 0.25) is 0 Å². The third-order valence-electron chi connectivity index (χ3n) is 3.85. The highest BCUT2D eigenvalue weighted by atomic mass is 16.5. The van der Waals surface area contributed by atoms with Gasteiger partial charge in [0.25, 0.3) is 0 Å². The number of aliphatic hydroxyl groups is 2. The average molecular weight is 302 g/mol. The molecule has 0 saturated carbocycles. The van der Waals surface area contributed by atoms with E-state index in [1.807, 2.05) is 13.8 Å². The fourth-order valence-corrected chi connectivity index (χ4v) is 2.76. The lowest BCUT2D eigenvalue weighted by Crippen LogP contribution is -2.28. The van der Waals surface area contributed by atoms with Gasteiger partial charge in [0.1, 0.15) is 0 Å². The molecule has 0 saturated heterocycles. The summed E-state index contributed by atoms with van der Waals surface area (Å²) < 4.78 is 6.25. The van der Waals surface area contributed by atoms with Crippen LogP contribution in [-0.4, -0.2) is 34.6 Å². The molecule has 21 heavy (non-hydrogen) atoms. The highest BCUT2D eigenvalue weighted by Crippen LogP contribution is 2.20. The van der Waals surface area contributed by atoms with Gasteiger partial charge in [-0.05, 0) is 39.5 Å². The summed E-state index contributed by atoms with van der Waals surface area (Å²) in [6.07, 6.45) is 10.2. The van der Waals surface area contributed by atoms with Crippen LogP contribution in [0, 0.1) is 0 Å². The van der Waals surface area contributed by atoms with Crippen LogP contribution in [0.25, 0.3) is 0 Å². The Bertz CT molecular complexity index is 195. The second kappa shape index (κ2) is 13.5. The minimum absolute atomic E-state index is 0.127. The van der Waals surface area contributed by atoms with Crippen LogP contribution >= 0.6 is 0 Å². The molecular formula is C18H38O3. The van der Waals surface area contributed by atoms with Crippen LogP contribution in [-0.2, 0) is 4.74 Å². The van der Waals surface area contributed by atoms with Crippen molar-refractivity contribution >= 4 is 0 Å². The van der Waals surface area contributed by atoms with Crippen LogP contribution in [0.1, 0.15) is 91.9 Å². The molecule has 0 aromatic rings. The molecule has 0 aliphatic heterocycles. The largest absolute Gasteiger partial charge is 0.393 e. The predicted molar refractivity (Wildman–Crippen MR) is 89.5 cm³/mol. The zero-order chi connectivity index (χ0) is 16.1. The Morgan fingerprint density at radius 2 is 1.10 bits per heavy atom. The molecule has 0 aromatic carbocycles. The maximum atomic E-state index is 9.66. The van der Waals surface area contributed by atoms with Gasteiger partial charge in [0, 0.05) is 0 Å². The van der Waals surface area contributed by atoms with Gasteiger partial charge in [-0.25, -0.2) is 0 Å². The van der Waals surface area contributed by atoms with Gasteiger partial charge in [-0.15, -0.1) is 0 Å². The Morgan fingerprint density at radius 1 is 0.714 bits per heavy atom. The lowest BCUT2D eigenvalue weighted by atomic mass is 10.0. The van der Waals surface area contributed by atoms with Crippen LogP contribution in [0.4, 0.5) is 0 Å². The van der Waals surface area contributed by atoms with E-state index in [4.69, 9.17) is 4.74 Å². The van der Waals surface area contributed by atoms with Crippen molar-refractivity contribution in [3.8, 4) is 0 Å². The van der Waals surface area contributed by atoms with Gasteiger partial charge in [-0.2, -0.15) is 0 Å². The van der Waals surface area contributed by atoms with Gasteiger partial charge in [0.2, 0.25) is 0 Å². The van der Waals surface area contributed by atoms with E-state index in [1.54, 1.807) is 0 Å². The molecule has 2 N–H and O–H groups in total. The van der Waals surface area contributed by atoms with Gasteiger partial charge < -0.3 is 14.9 Å². The van der Waals surface area contributed by atoms with Gasteiger partial charge in [-0.3, -0.25) is 0 Å². The van der Waals surface area contributed by atoms with E-state index in [1.165, 1.54) is 25.7 Å². The lowest BCUT2D eigenvalue weighted by Gasteiger charge is -2.27. The quantitative estimate of drug-likeness (QED) is 0.466. The van der Waals surface area contributed by atoms with Crippen molar-refractivity contribution in [3.05, 3.63) is 0 Å². The molecule has 3 heteroatoms. The number of hydrogen-bond acceptors (Lipinski definition) is 3. The van der Waals surface area contributed by atoms with E-state index < -0.39 is 0 Å². The summed E-state index contributed by atoms with van der Waals surface area (Å²) in [5.41, 5.74) is 0. The molecule has 0 aromatic heterocycles. The van der Waals surface area contributed by atoms with Gasteiger partial charge in [-0.1, -0.05) is 52.4 Å². The molecule has 0 spiro atoms. The number of rotatable bonds is 14. The van der Waals surface area contributed by atoms with Crippen LogP contribution < -0.4 is 0 Å². The van der Waals surface area contributed by atoms with Crippen molar-refractivity contribution in [2.24, 2.45) is 0 Å². The first-order valence-corrected chi connectivity index (χ1v) is 9.01. The molecule has 0 bridgehead atoms. The van der Waals surface area contributed by atoms with Crippen molar-refractivity contribution in [1.82, 2.24) is 0 Å². The highest BCUT2D eigenvalue weighted by molar-refractivity contribution is 4.69. The second-order valence-electron chi connectivity index (χ2n) is 6.54. The SMILES string of the molecule is CCCCCC(CC(C)O)OC(CCCCC)CC(C)O. The first-order chi connectivity index (χ1) is 9.99. The van der Waals surface area contributed by atoms with Gasteiger partial charge >= 0.3 is 0 Å². The lowest BCUT2D eigenvalue weighted by molar-refractivity contribution is -0.0582. The normalized spacial score (nSPS) is 17.4. The standard InChI is InChI=1S/C18H38O3/c1-5-7-9-11-17(13-15(3)19)21-18(14-16(4)20)12-10-8-6-2/h15-20H,5-14H2,1-4H3. The minimum Gasteiger partial charge on any atom is -0.393 e. The molecule has 4 unspecified atom stereocenters. The summed E-state index contributed by atoms with van der Waals surface area (Å²) in [5, 5.41) is 19.3. The number of ether oxygens (including phenoxy) is 1. The summed E-state index contributed by atoms with van der Waals surface area (Å²) in [4.78, 5) is 0. The monoisotopic (exact) mass is 302 g/mol. The average Bonchev–Trinajstić information content (AvgIpc) is 2.37. The molecule has 4 atom stereocenters. The van der Waals surface area contributed by atoms with Crippen LogP contribution in [0.15, 0.2) is 0 Å². The van der Waals surface area contributed by atoms with Gasteiger partial charge in [0.05, 0.1) is 24.4 Å². The van der Waals surface area contributed by atoms with E-state index >= 15 is 0 Å². The molecule has 0 aliphatic rings. The number of aliphatic hydroxyl groups excluding tert-OH is 2. The second-order valence-corrected chi connectivity index (χ2v) is 6.54. The smallest absolute Gasteiger partial charge is 0.0603 e. The Hall–Kier alpha value is -0.120. The zero-order valence-corrected chi connectivity index (χ0v) is 14.7. The van der Waals surface area contributed by atoms with Crippen molar-refractivity contribution in [1.29, 1.82) is 0 Å². The molecule has 0 heterocycles. The summed E-state index contributed by atoms with van der Waals surface area (Å²) in [5.74, 6) is 0. The molecule has 0 amide bonds. The molecule has 3 nitrogen and oxygen atoms in total. The maximum absolute atomic E-state index is 9.66. The summed E-state index contributed by atoms with van der Waals surface area (Å²) >= 11 is 0. The highest BCUT2D eigenvalue weighted by Gasteiger charge is 2.19. The zero-order valence-electron chi connectivity index (χ0n) is 14.7. The van der Waals surface area contributed by atoms with E-state index in [0.29, 0.717) is 12.8 Å². The number of unbranched alkanes of at least 4 members (excludes halogenated alkanes) is 4. The molecule has 128 valence electrons. The molecule has 0 fully saturated rings. The van der Waals surface area contributed by atoms with Crippen LogP contribution in [0.5, 0.6) is 0 Å². The van der Waals surface area contributed by atoms with E-state index in [0.717, 1.165) is 25.7 Å². The third kappa shape index (κ3) is 13.3. The molecule has 0 rings (SSSR count). The fraction of sp³-hybridized carbons (Fsp3) is 1.00. The summed E-state index contributed by atoms with van der Waals surface area (Å²) in [6, 6.07) is 0. The number of hydrogen-bond donors (Lipinski definition) is 2. The fourth-order valence-electron chi connectivity index (χ4n) is 2.76. The van der Waals surface area contributed by atoms with Crippen molar-refractivity contribution < 1.29 is 14.9 Å². The molecule has 0 radical (unpaired) electrons. The summed E-state index contributed by atoms with van der Waals surface area (Å²) in [7, 11) is 0. The Morgan fingerprint density at radius 3 is 1.38 bits per heavy atom. The third-order valence-corrected chi connectivity index (χ3v) is 3.85. The Labute approximate surface area is 132 Å². The van der Waals surface area contributed by atoms with E-state index in [9.17, 15) is 10.2 Å². The minimum atomic E-state index is -0.320. The Kier molecular flexibility index (Phi) is 13.5. The van der Waals surface area contributed by atoms with Gasteiger partial charge in [0.15, 0.2) is 0 Å². The topological polar surface area (TPSA) is 49.7 Å². The van der Waals surface area contributed by atoms with E-state index in [2.05, 4.69) is 13.8 Å². The maximum Gasteiger partial charge on any atom is 0.0603 e. The van der Waals surface area contributed by atoms with Crippen molar-refractivity contribution in [3.63, 3.8) is 0 Å². The summed E-state index contributed by atoms with van der Waals surface area (Å²) in [6.45, 7) is 8.06. The first-order valence-electron chi connectivity index (χ1n) is 9.01. The van der Waals surface area contributed by atoms with Crippen molar-refractivity contribution in [2.45, 2.75) is 116 Å². The van der Waals surface area contributed by atoms with E-state index in [-0.39, 0.29) is 24.4 Å². The van der Waals surface area contributed by atoms with Crippen LogP contribution in [0.3, 0.4) is 0 Å². The Balaban J connectivity index is 4.36. The molecule has 0 aliphatic carbocycles. The van der Waals surface area contributed by atoms with Crippen molar-refractivity contribution in [2.75, 3.05) is 0 Å². The first kappa shape index (κ1) is 20.9. The molecular weight excluding hydrogens is 264 g/mol.